The third-order valence-corrected chi connectivity index (χ3v) is 2.96. The topological polar surface area (TPSA) is 29.9 Å². The van der Waals surface area contributed by atoms with Crippen molar-refractivity contribution >= 4 is 0 Å². The van der Waals surface area contributed by atoms with Crippen LogP contribution in [0.5, 0.6) is 0 Å². The maximum Gasteiger partial charge on any atom is 0.0649 e. The summed E-state index contributed by atoms with van der Waals surface area (Å²) in [6.07, 6.45) is 4.14. The van der Waals surface area contributed by atoms with Gasteiger partial charge in [0.15, 0.2) is 0 Å². The highest BCUT2D eigenvalue weighted by atomic mass is 15.3. The van der Waals surface area contributed by atoms with Gasteiger partial charge in [0.1, 0.15) is 0 Å². The fraction of sp³-hybridized carbons (Fsp3) is 0.357. The predicted octanol–water partition coefficient (Wildman–Crippen LogP) is 2.93. The molecule has 0 spiro atoms. The Bertz CT molecular complexity index is 448. The van der Waals surface area contributed by atoms with Crippen LogP contribution in [0.2, 0.25) is 0 Å². The number of rotatable bonds is 5. The van der Waals surface area contributed by atoms with Crippen molar-refractivity contribution in [2.45, 2.75) is 25.8 Å². The Kier molecular flexibility index (Phi) is 3.94. The number of nitrogens with one attached hydrogen (secondary N) is 1. The lowest BCUT2D eigenvalue weighted by molar-refractivity contribution is 0.514. The summed E-state index contributed by atoms with van der Waals surface area (Å²) in [5, 5.41) is 7.77. The van der Waals surface area contributed by atoms with Gasteiger partial charge >= 0.3 is 0 Å². The normalized spacial score (nSPS) is 12.6. The van der Waals surface area contributed by atoms with Crippen molar-refractivity contribution in [3.8, 4) is 5.69 Å². The van der Waals surface area contributed by atoms with Gasteiger partial charge in [-0.05, 0) is 31.7 Å². The van der Waals surface area contributed by atoms with Crippen LogP contribution in [-0.4, -0.2) is 16.8 Å². The van der Waals surface area contributed by atoms with Crippen LogP contribution >= 0.6 is 0 Å². The zero-order chi connectivity index (χ0) is 12.1. The average Bonchev–Trinajstić information content (AvgIpc) is 2.86. The highest BCUT2D eigenvalue weighted by molar-refractivity contribution is 5.33. The molecule has 1 atom stereocenters. The Morgan fingerprint density at radius 3 is 2.65 bits per heavy atom. The number of para-hydroxylation sites is 1. The zero-order valence-corrected chi connectivity index (χ0v) is 10.4. The molecule has 2 aromatic rings. The highest BCUT2D eigenvalue weighted by Gasteiger charge is 2.13. The summed E-state index contributed by atoms with van der Waals surface area (Å²) < 4.78 is 2.01. The molecular formula is C14H19N3. The van der Waals surface area contributed by atoms with E-state index < -0.39 is 0 Å². The van der Waals surface area contributed by atoms with Gasteiger partial charge < -0.3 is 5.32 Å². The first kappa shape index (κ1) is 11.9. The molecule has 0 saturated heterocycles. The summed E-state index contributed by atoms with van der Waals surface area (Å²) in [6, 6.07) is 12.7. The fourth-order valence-corrected chi connectivity index (χ4v) is 2.09. The molecule has 2 rings (SSSR count). The molecule has 3 heteroatoms. The quantitative estimate of drug-likeness (QED) is 0.854. The summed E-state index contributed by atoms with van der Waals surface area (Å²) in [7, 11) is 2.00. The molecule has 1 unspecified atom stereocenters. The van der Waals surface area contributed by atoms with Crippen LogP contribution in [0.1, 0.15) is 31.5 Å². The lowest BCUT2D eigenvalue weighted by Gasteiger charge is -2.17. The third kappa shape index (κ3) is 2.56. The maximum atomic E-state index is 4.41. The molecule has 0 saturated carbocycles. The van der Waals surface area contributed by atoms with Gasteiger partial charge in [-0.2, -0.15) is 5.10 Å². The second kappa shape index (κ2) is 5.64. The maximum absolute atomic E-state index is 4.41. The van der Waals surface area contributed by atoms with Gasteiger partial charge in [-0.15, -0.1) is 0 Å². The first-order valence-electron chi connectivity index (χ1n) is 6.13. The number of nitrogens with zero attached hydrogens (tertiary/aromatic N) is 2. The van der Waals surface area contributed by atoms with Crippen LogP contribution in [0, 0.1) is 0 Å². The van der Waals surface area contributed by atoms with Gasteiger partial charge in [0.25, 0.3) is 0 Å². The molecule has 3 nitrogen and oxygen atoms in total. The molecule has 1 heterocycles. The Balaban J connectivity index is 2.34. The zero-order valence-electron chi connectivity index (χ0n) is 10.4. The molecule has 1 aromatic heterocycles. The van der Waals surface area contributed by atoms with Crippen LogP contribution in [0.25, 0.3) is 5.69 Å². The summed E-state index contributed by atoms with van der Waals surface area (Å²) in [6.45, 7) is 2.20. The lowest BCUT2D eigenvalue weighted by atomic mass is 10.1. The van der Waals surface area contributed by atoms with E-state index in [-0.39, 0.29) is 0 Å². The molecule has 0 fully saturated rings. The Morgan fingerprint density at radius 1 is 1.24 bits per heavy atom. The van der Waals surface area contributed by atoms with E-state index in [2.05, 4.69) is 35.5 Å². The second-order valence-corrected chi connectivity index (χ2v) is 4.13. The fourth-order valence-electron chi connectivity index (χ4n) is 2.09. The average molecular weight is 229 g/mol. The van der Waals surface area contributed by atoms with E-state index in [1.807, 2.05) is 36.1 Å². The molecule has 90 valence electrons. The van der Waals surface area contributed by atoms with Crippen molar-refractivity contribution in [3.05, 3.63) is 48.3 Å². The van der Waals surface area contributed by atoms with Crippen molar-refractivity contribution in [1.82, 2.24) is 15.1 Å². The van der Waals surface area contributed by atoms with Crippen LogP contribution in [0.3, 0.4) is 0 Å². The van der Waals surface area contributed by atoms with Crippen molar-refractivity contribution in [2.75, 3.05) is 7.05 Å². The standard InChI is InChI=1S/C14H19N3/c1-3-7-13(15-2)14-10-11-16-17(14)12-8-5-4-6-9-12/h4-6,8-11,13,15H,3,7H2,1-2H3. The van der Waals surface area contributed by atoms with E-state index >= 15 is 0 Å². The highest BCUT2D eigenvalue weighted by Crippen LogP contribution is 2.20. The lowest BCUT2D eigenvalue weighted by Crippen LogP contribution is -2.19. The molecule has 1 N–H and O–H groups in total. The van der Waals surface area contributed by atoms with Crippen molar-refractivity contribution in [2.24, 2.45) is 0 Å². The van der Waals surface area contributed by atoms with Crippen molar-refractivity contribution in [3.63, 3.8) is 0 Å². The molecule has 0 bridgehead atoms. The molecule has 0 aliphatic carbocycles. The molecule has 0 aliphatic rings. The predicted molar refractivity (Wildman–Crippen MR) is 70.3 cm³/mol. The summed E-state index contributed by atoms with van der Waals surface area (Å²) >= 11 is 0. The minimum atomic E-state index is 0.364. The molecular weight excluding hydrogens is 210 g/mol. The van der Waals surface area contributed by atoms with Crippen molar-refractivity contribution in [1.29, 1.82) is 0 Å². The van der Waals surface area contributed by atoms with Gasteiger partial charge in [0.2, 0.25) is 0 Å². The van der Waals surface area contributed by atoms with Gasteiger partial charge in [0.05, 0.1) is 11.4 Å². The summed E-state index contributed by atoms with van der Waals surface area (Å²) in [5.74, 6) is 0. The summed E-state index contributed by atoms with van der Waals surface area (Å²) in [4.78, 5) is 0. The Hall–Kier alpha value is -1.61. The molecule has 0 amide bonds. The van der Waals surface area contributed by atoms with Crippen LogP contribution < -0.4 is 5.32 Å². The largest absolute Gasteiger partial charge is 0.312 e. The number of aromatic nitrogens is 2. The van der Waals surface area contributed by atoms with Crippen LogP contribution in [0.4, 0.5) is 0 Å². The SMILES string of the molecule is CCCC(NC)c1ccnn1-c1ccccc1. The van der Waals surface area contributed by atoms with Crippen molar-refractivity contribution < 1.29 is 0 Å². The van der Waals surface area contributed by atoms with E-state index in [0.29, 0.717) is 6.04 Å². The second-order valence-electron chi connectivity index (χ2n) is 4.13. The molecule has 1 aromatic carbocycles. The van der Waals surface area contributed by atoms with E-state index in [9.17, 15) is 0 Å². The first-order chi connectivity index (χ1) is 8.36. The van der Waals surface area contributed by atoms with Crippen LogP contribution in [-0.2, 0) is 0 Å². The third-order valence-electron chi connectivity index (χ3n) is 2.96. The van der Waals surface area contributed by atoms with Crippen LogP contribution in [0.15, 0.2) is 42.6 Å². The van der Waals surface area contributed by atoms with E-state index in [4.69, 9.17) is 0 Å². The number of hydrogen-bond donors (Lipinski definition) is 1. The summed E-state index contributed by atoms with van der Waals surface area (Å²) in [5.41, 5.74) is 2.34. The molecule has 17 heavy (non-hydrogen) atoms. The number of hydrogen-bond acceptors (Lipinski definition) is 2. The Morgan fingerprint density at radius 2 is 2.00 bits per heavy atom. The first-order valence-corrected chi connectivity index (χ1v) is 6.13. The van der Waals surface area contributed by atoms with Gasteiger partial charge in [0, 0.05) is 12.2 Å². The monoisotopic (exact) mass is 229 g/mol. The minimum absolute atomic E-state index is 0.364. The number of benzene rings is 1. The molecule has 0 aliphatic heterocycles. The van der Waals surface area contributed by atoms with E-state index in [1.54, 1.807) is 0 Å². The van der Waals surface area contributed by atoms with Gasteiger partial charge in [-0.25, -0.2) is 4.68 Å². The molecule has 0 radical (unpaired) electrons. The minimum Gasteiger partial charge on any atom is -0.312 e. The van der Waals surface area contributed by atoms with Gasteiger partial charge in [-0.1, -0.05) is 31.5 Å². The Labute approximate surface area is 102 Å². The smallest absolute Gasteiger partial charge is 0.0649 e. The van der Waals surface area contributed by atoms with Gasteiger partial charge in [-0.3, -0.25) is 0 Å². The van der Waals surface area contributed by atoms with E-state index in [0.717, 1.165) is 18.5 Å². The van der Waals surface area contributed by atoms with E-state index in [1.165, 1.54) is 5.69 Å².